The van der Waals surface area contributed by atoms with Crippen LogP contribution in [0, 0.1) is 11.6 Å². The summed E-state index contributed by atoms with van der Waals surface area (Å²) in [4.78, 5) is 0. The van der Waals surface area contributed by atoms with Crippen LogP contribution >= 0.6 is 0 Å². The van der Waals surface area contributed by atoms with Crippen molar-refractivity contribution in [3.8, 4) is 0 Å². The van der Waals surface area contributed by atoms with E-state index in [1.54, 1.807) is 0 Å². The van der Waals surface area contributed by atoms with Crippen molar-refractivity contribution in [2.45, 2.75) is 12.6 Å². The number of hydrogen-bond donors (Lipinski definition) is 3. The third-order valence-electron chi connectivity index (χ3n) is 1.98. The van der Waals surface area contributed by atoms with Gasteiger partial charge in [-0.25, -0.2) is 8.78 Å². The standard InChI is InChI=1S/C10H14F2N2O/c11-8-2-1-7(10(12)3-8)5-14-6-9(15)4-13/h1-3,9,14-15H,4-6,13H2. The van der Waals surface area contributed by atoms with Crippen molar-refractivity contribution < 1.29 is 13.9 Å². The Morgan fingerprint density at radius 3 is 2.73 bits per heavy atom. The number of nitrogens with one attached hydrogen (secondary N) is 1. The fourth-order valence-electron chi connectivity index (χ4n) is 1.12. The molecular formula is C10H14F2N2O. The summed E-state index contributed by atoms with van der Waals surface area (Å²) in [7, 11) is 0. The summed E-state index contributed by atoms with van der Waals surface area (Å²) in [5.74, 6) is -1.19. The highest BCUT2D eigenvalue weighted by Crippen LogP contribution is 2.08. The van der Waals surface area contributed by atoms with Gasteiger partial charge in [0.2, 0.25) is 0 Å². The Balaban J connectivity index is 2.44. The molecule has 0 radical (unpaired) electrons. The van der Waals surface area contributed by atoms with E-state index < -0.39 is 17.7 Å². The van der Waals surface area contributed by atoms with E-state index in [0.717, 1.165) is 6.07 Å². The zero-order chi connectivity index (χ0) is 11.3. The van der Waals surface area contributed by atoms with Gasteiger partial charge in [-0.15, -0.1) is 0 Å². The van der Waals surface area contributed by atoms with Gasteiger partial charge < -0.3 is 16.2 Å². The van der Waals surface area contributed by atoms with Crippen LogP contribution in [0.15, 0.2) is 18.2 Å². The maximum atomic E-state index is 13.1. The topological polar surface area (TPSA) is 58.3 Å². The van der Waals surface area contributed by atoms with E-state index in [2.05, 4.69) is 5.32 Å². The summed E-state index contributed by atoms with van der Waals surface area (Å²) in [5.41, 5.74) is 5.55. The fraction of sp³-hybridized carbons (Fsp3) is 0.400. The first-order valence-electron chi connectivity index (χ1n) is 4.66. The summed E-state index contributed by atoms with van der Waals surface area (Å²) in [5, 5.41) is 11.9. The number of hydrogen-bond acceptors (Lipinski definition) is 3. The van der Waals surface area contributed by atoms with Crippen molar-refractivity contribution in [1.29, 1.82) is 0 Å². The molecule has 0 aromatic heterocycles. The van der Waals surface area contributed by atoms with Gasteiger partial charge in [0.15, 0.2) is 0 Å². The molecule has 0 aliphatic carbocycles. The Kier molecular flexibility index (Phi) is 4.61. The monoisotopic (exact) mass is 216 g/mol. The minimum atomic E-state index is -0.645. The molecule has 1 aromatic rings. The molecule has 0 aliphatic heterocycles. The largest absolute Gasteiger partial charge is 0.390 e. The molecular weight excluding hydrogens is 202 g/mol. The van der Waals surface area contributed by atoms with Crippen LogP contribution in [-0.4, -0.2) is 24.3 Å². The van der Waals surface area contributed by atoms with Crippen molar-refractivity contribution in [1.82, 2.24) is 5.32 Å². The molecule has 1 atom stereocenters. The fourth-order valence-corrected chi connectivity index (χ4v) is 1.12. The molecule has 1 rings (SSSR count). The van der Waals surface area contributed by atoms with Gasteiger partial charge in [0.05, 0.1) is 6.10 Å². The maximum absolute atomic E-state index is 13.1. The van der Waals surface area contributed by atoms with E-state index in [1.807, 2.05) is 0 Å². The third-order valence-corrected chi connectivity index (χ3v) is 1.98. The molecule has 0 saturated carbocycles. The molecule has 0 heterocycles. The second kappa shape index (κ2) is 5.75. The van der Waals surface area contributed by atoms with Crippen molar-refractivity contribution >= 4 is 0 Å². The van der Waals surface area contributed by atoms with E-state index in [0.29, 0.717) is 5.56 Å². The second-order valence-corrected chi connectivity index (χ2v) is 3.26. The van der Waals surface area contributed by atoms with E-state index in [9.17, 15) is 8.78 Å². The summed E-state index contributed by atoms with van der Waals surface area (Å²) in [6, 6.07) is 3.39. The highest BCUT2D eigenvalue weighted by atomic mass is 19.1. The van der Waals surface area contributed by atoms with Crippen LogP contribution in [0.3, 0.4) is 0 Å². The van der Waals surface area contributed by atoms with Crippen molar-refractivity contribution in [3.63, 3.8) is 0 Å². The Hall–Kier alpha value is -1.04. The molecule has 84 valence electrons. The lowest BCUT2D eigenvalue weighted by Gasteiger charge is -2.09. The molecule has 4 N–H and O–H groups in total. The zero-order valence-electron chi connectivity index (χ0n) is 8.21. The minimum absolute atomic E-state index is 0.152. The molecule has 1 aromatic carbocycles. The van der Waals surface area contributed by atoms with Gasteiger partial charge in [-0.1, -0.05) is 6.07 Å². The Morgan fingerprint density at radius 2 is 2.13 bits per heavy atom. The lowest BCUT2D eigenvalue weighted by molar-refractivity contribution is 0.179. The van der Waals surface area contributed by atoms with Crippen LogP contribution in [0.5, 0.6) is 0 Å². The summed E-state index contributed by atoms with van der Waals surface area (Å²) in [6.07, 6.45) is -0.645. The third kappa shape index (κ3) is 3.91. The van der Waals surface area contributed by atoms with Crippen molar-refractivity contribution in [2.75, 3.05) is 13.1 Å². The molecule has 15 heavy (non-hydrogen) atoms. The molecule has 0 spiro atoms. The van der Waals surface area contributed by atoms with E-state index in [4.69, 9.17) is 10.8 Å². The smallest absolute Gasteiger partial charge is 0.130 e. The first-order chi connectivity index (χ1) is 7.13. The van der Waals surface area contributed by atoms with Crippen LogP contribution in [0.25, 0.3) is 0 Å². The van der Waals surface area contributed by atoms with Crippen LogP contribution in [0.2, 0.25) is 0 Å². The number of benzene rings is 1. The van der Waals surface area contributed by atoms with Gasteiger partial charge >= 0.3 is 0 Å². The van der Waals surface area contributed by atoms with Gasteiger partial charge in [0.25, 0.3) is 0 Å². The normalized spacial score (nSPS) is 12.8. The molecule has 0 bridgehead atoms. The molecule has 3 nitrogen and oxygen atoms in total. The van der Waals surface area contributed by atoms with E-state index >= 15 is 0 Å². The van der Waals surface area contributed by atoms with Gasteiger partial charge in [-0.2, -0.15) is 0 Å². The van der Waals surface area contributed by atoms with Gasteiger partial charge in [0, 0.05) is 31.3 Å². The SMILES string of the molecule is NCC(O)CNCc1ccc(F)cc1F. The molecule has 0 fully saturated rings. The van der Waals surface area contributed by atoms with Gasteiger partial charge in [-0.05, 0) is 6.07 Å². The lowest BCUT2D eigenvalue weighted by atomic mass is 10.2. The van der Waals surface area contributed by atoms with E-state index in [-0.39, 0.29) is 19.6 Å². The number of halogens is 2. The molecule has 0 saturated heterocycles. The van der Waals surface area contributed by atoms with Crippen LogP contribution in [0.4, 0.5) is 8.78 Å². The highest BCUT2D eigenvalue weighted by Gasteiger charge is 2.04. The predicted octanol–water partition coefficient (Wildman–Crippen LogP) is 0.374. The van der Waals surface area contributed by atoms with Crippen LogP contribution < -0.4 is 11.1 Å². The average Bonchev–Trinajstić information content (AvgIpc) is 2.21. The Morgan fingerprint density at radius 1 is 1.40 bits per heavy atom. The predicted molar refractivity (Wildman–Crippen MR) is 53.1 cm³/mol. The maximum Gasteiger partial charge on any atom is 0.130 e. The number of rotatable bonds is 5. The second-order valence-electron chi connectivity index (χ2n) is 3.26. The number of nitrogens with two attached hydrogens (primary N) is 1. The van der Waals surface area contributed by atoms with Crippen LogP contribution in [0.1, 0.15) is 5.56 Å². The van der Waals surface area contributed by atoms with Gasteiger partial charge in [-0.3, -0.25) is 0 Å². The number of aliphatic hydroxyl groups is 1. The first kappa shape index (κ1) is 12.0. The summed E-state index contributed by atoms with van der Waals surface area (Å²) in [6.45, 7) is 0.676. The Labute approximate surface area is 86.9 Å². The highest BCUT2D eigenvalue weighted by molar-refractivity contribution is 5.18. The Bertz CT molecular complexity index is 320. The zero-order valence-corrected chi connectivity index (χ0v) is 8.21. The first-order valence-corrected chi connectivity index (χ1v) is 4.66. The molecule has 1 unspecified atom stereocenters. The quantitative estimate of drug-likeness (QED) is 0.666. The van der Waals surface area contributed by atoms with Crippen molar-refractivity contribution in [2.24, 2.45) is 5.73 Å². The average molecular weight is 216 g/mol. The van der Waals surface area contributed by atoms with Crippen molar-refractivity contribution in [3.05, 3.63) is 35.4 Å². The van der Waals surface area contributed by atoms with Gasteiger partial charge in [0.1, 0.15) is 11.6 Å². The summed E-state index contributed by atoms with van der Waals surface area (Å²) >= 11 is 0. The molecule has 0 aliphatic rings. The molecule has 5 heteroatoms. The van der Waals surface area contributed by atoms with E-state index in [1.165, 1.54) is 12.1 Å². The lowest BCUT2D eigenvalue weighted by Crippen LogP contribution is -2.32. The molecule has 0 amide bonds. The minimum Gasteiger partial charge on any atom is -0.390 e. The van der Waals surface area contributed by atoms with Crippen LogP contribution in [-0.2, 0) is 6.54 Å². The number of aliphatic hydroxyl groups excluding tert-OH is 1. The summed E-state index contributed by atoms with van der Waals surface area (Å²) < 4.78 is 25.6.